The van der Waals surface area contributed by atoms with Crippen LogP contribution in [0, 0.1) is 0 Å². The van der Waals surface area contributed by atoms with Gasteiger partial charge in [0.25, 0.3) is 5.91 Å². The van der Waals surface area contributed by atoms with E-state index >= 15 is 0 Å². The highest BCUT2D eigenvalue weighted by Gasteiger charge is 2.53. The SMILES string of the molecule is CC(=O)OC[C@H]1O[C@@H](SC2=NC(=C(C)C)C(=O)N2c2ccccc2)[C@H](OC(C)=O)[C@@H](OC(C)=O)[C@@H]1OC(C)=O. The molecule has 1 aromatic carbocycles. The van der Waals surface area contributed by atoms with Gasteiger partial charge in [0.15, 0.2) is 28.9 Å². The number of benzene rings is 1. The van der Waals surface area contributed by atoms with Crippen LogP contribution in [-0.4, -0.2) is 71.4 Å². The summed E-state index contributed by atoms with van der Waals surface area (Å²) in [6, 6.07) is 8.79. The number of amidine groups is 1. The first-order chi connectivity index (χ1) is 18.4. The molecule has 0 spiro atoms. The zero-order chi connectivity index (χ0) is 28.9. The maximum atomic E-state index is 13.3. The maximum Gasteiger partial charge on any atom is 0.303 e. The van der Waals surface area contributed by atoms with Crippen LogP contribution in [-0.2, 0) is 47.7 Å². The van der Waals surface area contributed by atoms with Crippen LogP contribution in [0.15, 0.2) is 46.6 Å². The van der Waals surface area contributed by atoms with Gasteiger partial charge >= 0.3 is 23.9 Å². The monoisotopic (exact) mass is 562 g/mol. The number of anilines is 1. The topological polar surface area (TPSA) is 147 Å². The average molecular weight is 563 g/mol. The largest absolute Gasteiger partial charge is 0.463 e. The van der Waals surface area contributed by atoms with Gasteiger partial charge in [-0.2, -0.15) is 0 Å². The van der Waals surface area contributed by atoms with Crippen molar-refractivity contribution in [2.45, 2.75) is 71.4 Å². The fourth-order valence-electron chi connectivity index (χ4n) is 3.98. The van der Waals surface area contributed by atoms with Crippen molar-refractivity contribution in [3.05, 3.63) is 41.6 Å². The number of nitrogens with zero attached hydrogens (tertiary/aromatic N) is 2. The van der Waals surface area contributed by atoms with Gasteiger partial charge in [-0.3, -0.25) is 28.9 Å². The molecular formula is C26H30N2O10S. The molecular weight excluding hydrogens is 532 g/mol. The number of hydrogen-bond donors (Lipinski definition) is 0. The van der Waals surface area contributed by atoms with Crippen molar-refractivity contribution < 1.29 is 47.7 Å². The Balaban J connectivity index is 2.08. The Kier molecular flexibility index (Phi) is 9.86. The van der Waals surface area contributed by atoms with Crippen molar-refractivity contribution in [3.63, 3.8) is 0 Å². The number of carbonyl (C=O) groups excluding carboxylic acids is 5. The fraction of sp³-hybridized carbons (Fsp3) is 0.462. The van der Waals surface area contributed by atoms with Crippen LogP contribution in [0.2, 0.25) is 0 Å². The minimum Gasteiger partial charge on any atom is -0.463 e. The maximum absolute atomic E-state index is 13.3. The predicted molar refractivity (Wildman–Crippen MR) is 139 cm³/mol. The first kappa shape index (κ1) is 29.8. The van der Waals surface area contributed by atoms with Crippen molar-refractivity contribution >= 4 is 52.4 Å². The van der Waals surface area contributed by atoms with Gasteiger partial charge < -0.3 is 23.7 Å². The van der Waals surface area contributed by atoms with Crippen molar-refractivity contribution in [1.82, 2.24) is 0 Å². The molecule has 0 unspecified atom stereocenters. The summed E-state index contributed by atoms with van der Waals surface area (Å²) in [5.74, 6) is -3.17. The van der Waals surface area contributed by atoms with Crippen LogP contribution < -0.4 is 4.90 Å². The second-order valence-corrected chi connectivity index (χ2v) is 9.97. The van der Waals surface area contributed by atoms with E-state index in [9.17, 15) is 24.0 Å². The highest BCUT2D eigenvalue weighted by Crippen LogP contribution is 2.38. The Labute approximate surface area is 229 Å². The number of allylic oxidation sites excluding steroid dienone is 1. The molecule has 1 amide bonds. The van der Waals surface area contributed by atoms with Crippen LogP contribution in [0.3, 0.4) is 0 Å². The standard InChI is InChI=1S/C26H30N2O10S/c1-13(2)20-24(33)28(18-10-8-7-9-11-18)26(27-20)39-25-23(37-17(6)32)22(36-16(5)31)21(35-15(4)30)19(38-25)12-34-14(3)29/h7-11,19,21-23,25H,12H2,1-6H3/t19-,21-,22+,23-,25+/m1/s1. The molecule has 2 aliphatic rings. The summed E-state index contributed by atoms with van der Waals surface area (Å²) in [6.45, 7) is 7.79. The minimum atomic E-state index is -1.33. The van der Waals surface area contributed by atoms with Crippen LogP contribution in [0.4, 0.5) is 5.69 Å². The van der Waals surface area contributed by atoms with E-state index in [1.165, 1.54) is 11.8 Å². The van der Waals surface area contributed by atoms with E-state index in [2.05, 4.69) is 4.99 Å². The molecule has 0 aromatic heterocycles. The quantitative estimate of drug-likeness (QED) is 0.274. The molecule has 2 aliphatic heterocycles. The average Bonchev–Trinajstić information content (AvgIpc) is 3.17. The van der Waals surface area contributed by atoms with Gasteiger partial charge in [-0.25, -0.2) is 4.99 Å². The summed E-state index contributed by atoms with van der Waals surface area (Å²) < 4.78 is 27.7. The summed E-state index contributed by atoms with van der Waals surface area (Å²) in [7, 11) is 0. The summed E-state index contributed by atoms with van der Waals surface area (Å²) in [4.78, 5) is 66.9. The fourth-order valence-corrected chi connectivity index (χ4v) is 5.17. The Morgan fingerprint density at radius 3 is 1.95 bits per heavy atom. The number of hydrogen-bond acceptors (Lipinski definition) is 12. The lowest BCUT2D eigenvalue weighted by Gasteiger charge is -2.44. The van der Waals surface area contributed by atoms with Gasteiger partial charge in [0, 0.05) is 27.7 Å². The Morgan fingerprint density at radius 2 is 1.41 bits per heavy atom. The summed E-state index contributed by atoms with van der Waals surface area (Å²) in [5, 5.41) is 0.211. The molecule has 5 atom stereocenters. The highest BCUT2D eigenvalue weighted by atomic mass is 32.2. The number of amides is 1. The highest BCUT2D eigenvalue weighted by molar-refractivity contribution is 8.14. The van der Waals surface area contributed by atoms with E-state index in [4.69, 9.17) is 23.7 Å². The lowest BCUT2D eigenvalue weighted by molar-refractivity contribution is -0.237. The lowest BCUT2D eigenvalue weighted by atomic mass is 9.99. The van der Waals surface area contributed by atoms with Gasteiger partial charge in [0.1, 0.15) is 18.4 Å². The van der Waals surface area contributed by atoms with Crippen LogP contribution in [0.1, 0.15) is 41.5 Å². The van der Waals surface area contributed by atoms with E-state index < -0.39 is 53.7 Å². The number of ether oxygens (including phenoxy) is 5. The summed E-state index contributed by atoms with van der Waals surface area (Å²) in [6.07, 6.45) is -5.01. The molecule has 2 heterocycles. The number of thioether (sulfide) groups is 1. The van der Waals surface area contributed by atoms with Crippen molar-refractivity contribution in [2.24, 2.45) is 4.99 Å². The molecule has 0 aliphatic carbocycles. The van der Waals surface area contributed by atoms with Gasteiger partial charge in [-0.05, 0) is 31.6 Å². The van der Waals surface area contributed by atoms with Crippen molar-refractivity contribution in [2.75, 3.05) is 11.5 Å². The van der Waals surface area contributed by atoms with E-state index in [1.807, 2.05) is 0 Å². The zero-order valence-corrected chi connectivity index (χ0v) is 23.2. The van der Waals surface area contributed by atoms with Gasteiger partial charge in [-0.15, -0.1) is 0 Å². The smallest absolute Gasteiger partial charge is 0.303 e. The lowest BCUT2D eigenvalue weighted by Crippen LogP contribution is -2.61. The molecule has 3 rings (SSSR count). The second kappa shape index (κ2) is 12.9. The molecule has 1 aromatic rings. The number of esters is 4. The molecule has 1 saturated heterocycles. The first-order valence-corrected chi connectivity index (χ1v) is 12.9. The van der Waals surface area contributed by atoms with E-state index in [0.717, 1.165) is 32.5 Å². The Hall–Kier alpha value is -3.71. The zero-order valence-electron chi connectivity index (χ0n) is 22.4. The molecule has 210 valence electrons. The van der Waals surface area contributed by atoms with E-state index in [-0.39, 0.29) is 23.4 Å². The van der Waals surface area contributed by atoms with Crippen molar-refractivity contribution in [1.29, 1.82) is 0 Å². The normalized spacial score (nSPS) is 24.5. The predicted octanol–water partition coefficient (Wildman–Crippen LogP) is 2.50. The van der Waals surface area contributed by atoms with E-state index in [0.29, 0.717) is 11.3 Å². The second-order valence-electron chi connectivity index (χ2n) is 8.90. The molecule has 0 bridgehead atoms. The van der Waals surface area contributed by atoms with Crippen molar-refractivity contribution in [3.8, 4) is 0 Å². The Bertz CT molecular complexity index is 1190. The number of carbonyl (C=O) groups is 5. The number of aliphatic imine (C=N–C) groups is 1. The molecule has 0 N–H and O–H groups in total. The van der Waals surface area contributed by atoms with Crippen LogP contribution in [0.5, 0.6) is 0 Å². The third-order valence-corrected chi connectivity index (χ3v) is 6.56. The molecule has 39 heavy (non-hydrogen) atoms. The van der Waals surface area contributed by atoms with Crippen LogP contribution >= 0.6 is 11.8 Å². The summed E-state index contributed by atoms with van der Waals surface area (Å²) in [5.41, 5.74) is 0.320. The number of rotatable bonds is 7. The Morgan fingerprint density at radius 1 is 0.846 bits per heavy atom. The molecule has 1 fully saturated rings. The van der Waals surface area contributed by atoms with Gasteiger partial charge in [-0.1, -0.05) is 30.0 Å². The minimum absolute atomic E-state index is 0.211. The summed E-state index contributed by atoms with van der Waals surface area (Å²) >= 11 is 0.945. The molecule has 12 nitrogen and oxygen atoms in total. The van der Waals surface area contributed by atoms with E-state index in [1.54, 1.807) is 44.2 Å². The van der Waals surface area contributed by atoms with Gasteiger partial charge in [0.2, 0.25) is 0 Å². The molecule has 13 heteroatoms. The number of para-hydroxylation sites is 1. The van der Waals surface area contributed by atoms with Gasteiger partial charge in [0.05, 0.1) is 5.69 Å². The first-order valence-electron chi connectivity index (χ1n) is 12.0. The third-order valence-electron chi connectivity index (χ3n) is 5.46. The third kappa shape index (κ3) is 7.45. The molecule has 0 radical (unpaired) electrons. The van der Waals surface area contributed by atoms with Crippen LogP contribution in [0.25, 0.3) is 0 Å². The molecule has 0 saturated carbocycles.